The number of pyridine rings is 2. The van der Waals surface area contributed by atoms with E-state index < -0.39 is 0 Å². The van der Waals surface area contributed by atoms with Gasteiger partial charge in [0.25, 0.3) is 5.91 Å². The Morgan fingerprint density at radius 2 is 1.82 bits per heavy atom. The fourth-order valence-electron chi connectivity index (χ4n) is 7.17. The van der Waals surface area contributed by atoms with Gasteiger partial charge in [-0.2, -0.15) is 10.4 Å². The van der Waals surface area contributed by atoms with Gasteiger partial charge in [0.15, 0.2) is 0 Å². The third-order valence-electron chi connectivity index (χ3n) is 9.38. The number of anilines is 1. The predicted octanol–water partition coefficient (Wildman–Crippen LogP) is 3.23. The van der Waals surface area contributed by atoms with Gasteiger partial charge in [0.05, 0.1) is 60.4 Å². The molecular formula is C33H33N7O4. The minimum absolute atomic E-state index is 0.0261. The van der Waals surface area contributed by atoms with Crippen LogP contribution < -0.4 is 14.4 Å². The number of ether oxygens (including phenoxy) is 3. The molecule has 0 N–H and O–H groups in total. The molecule has 6 fully saturated rings. The maximum atomic E-state index is 13.2. The molecule has 11 heteroatoms. The smallest absolute Gasteiger partial charge is 0.256 e. The zero-order valence-corrected chi connectivity index (χ0v) is 24.5. The van der Waals surface area contributed by atoms with Crippen LogP contribution in [0.4, 0.5) is 5.69 Å². The number of piperazine rings is 1. The number of aromatic nitrogens is 3. The summed E-state index contributed by atoms with van der Waals surface area (Å²) in [5, 5.41) is 14.2. The van der Waals surface area contributed by atoms with E-state index >= 15 is 0 Å². The largest absolute Gasteiger partial charge is 0.491 e. The maximum Gasteiger partial charge on any atom is 0.256 e. The zero-order valence-electron chi connectivity index (χ0n) is 24.5. The van der Waals surface area contributed by atoms with Crippen LogP contribution in [-0.4, -0.2) is 101 Å². The van der Waals surface area contributed by atoms with E-state index in [9.17, 15) is 10.1 Å². The highest BCUT2D eigenvalue weighted by Crippen LogP contribution is 2.37. The average molecular weight is 592 g/mol. The Morgan fingerprint density at radius 3 is 2.50 bits per heavy atom. The molecule has 0 aliphatic carbocycles. The molecule has 44 heavy (non-hydrogen) atoms. The topological polar surface area (TPSA) is 108 Å². The van der Waals surface area contributed by atoms with Crippen LogP contribution in [0.15, 0.2) is 61.1 Å². The number of methoxy groups -OCH3 is 1. The van der Waals surface area contributed by atoms with Crippen LogP contribution in [0.3, 0.4) is 0 Å². The van der Waals surface area contributed by atoms with Crippen LogP contribution >= 0.6 is 0 Å². The second-order valence-electron chi connectivity index (χ2n) is 12.1. The Hall–Kier alpha value is -4.66. The Morgan fingerprint density at radius 1 is 1.05 bits per heavy atom. The molecule has 0 saturated carbocycles. The van der Waals surface area contributed by atoms with Crippen LogP contribution in [-0.2, 0) is 4.74 Å². The van der Waals surface area contributed by atoms with E-state index in [-0.39, 0.29) is 18.0 Å². The van der Waals surface area contributed by atoms with Crippen molar-refractivity contribution in [3.05, 3.63) is 72.2 Å². The Kier molecular flexibility index (Phi) is 6.61. The van der Waals surface area contributed by atoms with Crippen molar-refractivity contribution in [2.24, 2.45) is 0 Å². The van der Waals surface area contributed by atoms with Crippen LogP contribution in [0.25, 0.3) is 16.6 Å². The van der Waals surface area contributed by atoms with Gasteiger partial charge in [-0.25, -0.2) is 9.50 Å². The number of benzene rings is 1. The number of nitrogens with zero attached hydrogens (tertiary/aromatic N) is 7. The summed E-state index contributed by atoms with van der Waals surface area (Å²) < 4.78 is 18.8. The summed E-state index contributed by atoms with van der Waals surface area (Å²) in [7, 11) is 1.56. The molecule has 1 amide bonds. The summed E-state index contributed by atoms with van der Waals surface area (Å²) in [6, 6.07) is 16.6. The van der Waals surface area contributed by atoms with E-state index in [4.69, 9.17) is 14.2 Å². The lowest BCUT2D eigenvalue weighted by Crippen LogP contribution is -2.70. The number of carbonyl (C=O) groups is 1. The van der Waals surface area contributed by atoms with Crippen molar-refractivity contribution in [2.45, 2.75) is 37.1 Å². The molecule has 4 unspecified atom stereocenters. The van der Waals surface area contributed by atoms with Crippen molar-refractivity contribution < 1.29 is 19.0 Å². The van der Waals surface area contributed by atoms with E-state index in [1.165, 1.54) is 6.42 Å². The van der Waals surface area contributed by atoms with Gasteiger partial charge >= 0.3 is 0 Å². The quantitative estimate of drug-likeness (QED) is 0.305. The van der Waals surface area contributed by atoms with Gasteiger partial charge < -0.3 is 24.0 Å². The fourth-order valence-corrected chi connectivity index (χ4v) is 7.17. The van der Waals surface area contributed by atoms with E-state index in [2.05, 4.69) is 50.2 Å². The van der Waals surface area contributed by atoms with Crippen LogP contribution in [0.1, 0.15) is 28.8 Å². The van der Waals surface area contributed by atoms with Gasteiger partial charge in [0.2, 0.25) is 5.88 Å². The average Bonchev–Trinajstić information content (AvgIpc) is 3.47. The van der Waals surface area contributed by atoms with Crippen LogP contribution in [0.2, 0.25) is 0 Å². The number of rotatable bonds is 8. The monoisotopic (exact) mass is 591 g/mol. The summed E-state index contributed by atoms with van der Waals surface area (Å²) in [4.78, 5) is 24.1. The highest BCUT2D eigenvalue weighted by molar-refractivity contribution is 5.95. The number of fused-ring (bicyclic) bond motifs is 5. The Bertz CT molecular complexity index is 1720. The van der Waals surface area contributed by atoms with Crippen LogP contribution in [0, 0.1) is 11.3 Å². The normalized spacial score (nSPS) is 23.9. The number of nitriles is 1. The van der Waals surface area contributed by atoms with Crippen molar-refractivity contribution in [3.63, 3.8) is 0 Å². The summed E-state index contributed by atoms with van der Waals surface area (Å²) in [5.74, 6) is 1.24. The second kappa shape index (κ2) is 10.8. The van der Waals surface area contributed by atoms with Gasteiger partial charge in [-0.05, 0) is 36.2 Å². The molecule has 4 aromatic rings. The molecule has 9 heterocycles. The van der Waals surface area contributed by atoms with Gasteiger partial charge in [0.1, 0.15) is 18.4 Å². The second-order valence-corrected chi connectivity index (χ2v) is 12.1. The standard InChI is InChI=1S/C33H33N7O4/c1-42-31-7-4-22(14-35-31)33(41)40-25-10-26(40)17-38(16-25)24-5-2-21(3-6-24)30-12-27(20-39-32(30)23(13-34)15-36-39)43-9-8-37-18-28-11-29(19-37)44-28/h2-7,12,14-15,20,25-26,28-29H,8-11,16-19H2,1H3. The van der Waals surface area contributed by atoms with Crippen molar-refractivity contribution in [3.8, 4) is 28.8 Å². The van der Waals surface area contributed by atoms with Gasteiger partial charge in [-0.1, -0.05) is 12.1 Å². The van der Waals surface area contributed by atoms with E-state index in [1.54, 1.807) is 36.2 Å². The van der Waals surface area contributed by atoms with E-state index in [0.29, 0.717) is 35.8 Å². The molecule has 224 valence electrons. The first-order valence-electron chi connectivity index (χ1n) is 15.2. The van der Waals surface area contributed by atoms with E-state index in [1.807, 2.05) is 17.2 Å². The first kappa shape index (κ1) is 26.9. The summed E-state index contributed by atoms with van der Waals surface area (Å²) in [5.41, 5.74) is 4.88. The number of carbonyl (C=O) groups excluding carboxylic acids is 1. The number of morpholine rings is 1. The Balaban J connectivity index is 0.968. The molecule has 11 nitrogen and oxygen atoms in total. The highest BCUT2D eigenvalue weighted by atomic mass is 16.5. The van der Waals surface area contributed by atoms with Crippen molar-refractivity contribution in [2.75, 3.05) is 51.3 Å². The molecule has 6 aliphatic heterocycles. The molecular weight excluding hydrogens is 558 g/mol. The molecule has 4 atom stereocenters. The number of hydrogen-bond donors (Lipinski definition) is 0. The minimum atomic E-state index is 0.0261. The third-order valence-corrected chi connectivity index (χ3v) is 9.38. The minimum Gasteiger partial charge on any atom is -0.491 e. The van der Waals surface area contributed by atoms with Crippen molar-refractivity contribution in [1.82, 2.24) is 24.4 Å². The zero-order chi connectivity index (χ0) is 29.8. The van der Waals surface area contributed by atoms with Gasteiger partial charge in [-0.15, -0.1) is 0 Å². The predicted molar refractivity (Wildman–Crippen MR) is 162 cm³/mol. The molecule has 0 spiro atoms. The molecule has 10 rings (SSSR count). The first-order valence-corrected chi connectivity index (χ1v) is 15.2. The summed E-state index contributed by atoms with van der Waals surface area (Å²) in [6.07, 6.45) is 7.99. The van der Waals surface area contributed by atoms with Crippen LogP contribution in [0.5, 0.6) is 11.6 Å². The van der Waals surface area contributed by atoms with E-state index in [0.717, 1.165) is 67.2 Å². The van der Waals surface area contributed by atoms with Crippen molar-refractivity contribution >= 4 is 17.1 Å². The number of hydrogen-bond acceptors (Lipinski definition) is 9. The van der Waals surface area contributed by atoms with Crippen molar-refractivity contribution in [1.29, 1.82) is 5.26 Å². The first-order chi connectivity index (χ1) is 21.6. The SMILES string of the molecule is COc1ccc(C(=O)N2C3CC2CN(c2ccc(-c4cc(OCCN5CC6CC(C5)O6)cn5ncc(C#N)c45)cc2)C3)cn1. The maximum absolute atomic E-state index is 13.2. The molecule has 4 bridgehead atoms. The molecule has 6 aliphatic rings. The molecule has 1 aromatic carbocycles. The van der Waals surface area contributed by atoms with Gasteiger partial charge in [0, 0.05) is 62.7 Å². The lowest BCUT2D eigenvalue weighted by atomic mass is 9.86. The summed E-state index contributed by atoms with van der Waals surface area (Å²) in [6.45, 7) is 4.91. The Labute approximate surface area is 255 Å². The highest BCUT2D eigenvalue weighted by Gasteiger charge is 2.47. The molecule has 3 aromatic heterocycles. The number of piperidine rings is 2. The third kappa shape index (κ3) is 4.71. The summed E-state index contributed by atoms with van der Waals surface area (Å²) >= 11 is 0. The molecule has 0 radical (unpaired) electrons. The lowest BCUT2D eigenvalue weighted by molar-refractivity contribution is -0.181. The lowest BCUT2D eigenvalue weighted by Gasteiger charge is -2.56. The molecule has 6 saturated heterocycles. The fraction of sp³-hybridized carbons (Fsp3) is 0.394. The number of amides is 1. The van der Waals surface area contributed by atoms with Gasteiger partial charge in [-0.3, -0.25) is 9.69 Å².